The molecular weight excluding hydrogens is 438 g/mol. The third kappa shape index (κ3) is 8.91. The number of rotatable bonds is 11. The maximum Gasteiger partial charge on any atom is 0.408 e. The van der Waals surface area contributed by atoms with Gasteiger partial charge in [-0.3, -0.25) is 9.59 Å². The predicted octanol–water partition coefficient (Wildman–Crippen LogP) is 4.32. The summed E-state index contributed by atoms with van der Waals surface area (Å²) in [4.78, 5) is 41.0. The van der Waals surface area contributed by atoms with Crippen LogP contribution >= 0.6 is 12.6 Å². The third-order valence-electron chi connectivity index (χ3n) is 5.12. The molecule has 2 unspecified atom stereocenters. The molecule has 0 fully saturated rings. The number of hydrogen-bond acceptors (Lipinski definition) is 5. The van der Waals surface area contributed by atoms with Crippen molar-refractivity contribution in [1.29, 1.82) is 0 Å². The van der Waals surface area contributed by atoms with Crippen molar-refractivity contribution < 1.29 is 19.1 Å². The highest BCUT2D eigenvalue weighted by Crippen LogP contribution is 2.29. The van der Waals surface area contributed by atoms with E-state index in [-0.39, 0.29) is 17.6 Å². The van der Waals surface area contributed by atoms with E-state index in [2.05, 4.69) is 30.2 Å². The second kappa shape index (κ2) is 13.5. The zero-order valence-corrected chi connectivity index (χ0v) is 22.1. The molecule has 1 aromatic carbocycles. The fourth-order valence-electron chi connectivity index (χ4n) is 3.62. The first-order chi connectivity index (χ1) is 15.5. The van der Waals surface area contributed by atoms with Gasteiger partial charge in [0.1, 0.15) is 17.7 Å². The van der Waals surface area contributed by atoms with E-state index in [1.165, 1.54) is 0 Å². The number of benzene rings is 1. The van der Waals surface area contributed by atoms with E-state index in [0.717, 1.165) is 29.5 Å². The summed E-state index contributed by atoms with van der Waals surface area (Å²) in [6.45, 7) is 14.1. The molecule has 33 heavy (non-hydrogen) atoms. The summed E-state index contributed by atoms with van der Waals surface area (Å²) in [6.07, 6.45) is 1.77. The van der Waals surface area contributed by atoms with Crippen molar-refractivity contribution in [2.75, 3.05) is 18.8 Å². The summed E-state index contributed by atoms with van der Waals surface area (Å²) >= 11 is 4.30. The van der Waals surface area contributed by atoms with E-state index in [4.69, 9.17) is 4.74 Å². The molecule has 0 aliphatic rings. The number of nitrogens with zero attached hydrogens (tertiary/aromatic N) is 1. The van der Waals surface area contributed by atoms with Crippen molar-refractivity contribution in [2.45, 2.75) is 85.4 Å². The topological polar surface area (TPSA) is 87.7 Å². The summed E-state index contributed by atoms with van der Waals surface area (Å²) in [7, 11) is 0. The highest BCUT2D eigenvalue weighted by molar-refractivity contribution is 7.80. The van der Waals surface area contributed by atoms with Crippen LogP contribution in [0.3, 0.4) is 0 Å². The van der Waals surface area contributed by atoms with Crippen LogP contribution in [0.5, 0.6) is 0 Å². The van der Waals surface area contributed by atoms with Gasteiger partial charge in [-0.2, -0.15) is 12.6 Å². The molecule has 3 amide bonds. The minimum Gasteiger partial charge on any atom is -0.444 e. The first-order valence-electron chi connectivity index (χ1n) is 11.7. The van der Waals surface area contributed by atoms with Gasteiger partial charge >= 0.3 is 6.09 Å². The SMILES string of the molecule is CCCCNC(=O)C(c1c(C)cccc1C)N(CCC)C(=O)C(CS)NC(=O)OC(C)(C)C. The minimum absolute atomic E-state index is 0.0786. The van der Waals surface area contributed by atoms with E-state index in [0.29, 0.717) is 19.5 Å². The lowest BCUT2D eigenvalue weighted by Crippen LogP contribution is -2.54. The molecule has 0 saturated heterocycles. The molecule has 1 rings (SSSR count). The first kappa shape index (κ1) is 28.8. The Bertz CT molecular complexity index is 787. The summed E-state index contributed by atoms with van der Waals surface area (Å²) in [5.74, 6) is -0.510. The molecule has 0 radical (unpaired) electrons. The molecule has 1 aromatic rings. The molecule has 0 aliphatic carbocycles. The van der Waals surface area contributed by atoms with Crippen LogP contribution in [0.1, 0.15) is 76.6 Å². The lowest BCUT2D eigenvalue weighted by atomic mass is 9.93. The van der Waals surface area contributed by atoms with Crippen LogP contribution in [0, 0.1) is 13.8 Å². The molecule has 0 spiro atoms. The van der Waals surface area contributed by atoms with Gasteiger partial charge in [-0.15, -0.1) is 0 Å². The van der Waals surface area contributed by atoms with Crippen LogP contribution in [0.15, 0.2) is 18.2 Å². The maximum atomic E-state index is 13.7. The molecule has 0 saturated carbocycles. The van der Waals surface area contributed by atoms with Crippen molar-refractivity contribution >= 4 is 30.5 Å². The predicted molar refractivity (Wildman–Crippen MR) is 136 cm³/mol. The van der Waals surface area contributed by atoms with E-state index >= 15 is 0 Å². The monoisotopic (exact) mass is 479 g/mol. The number of unbranched alkanes of at least 4 members (excludes halogenated alkanes) is 1. The number of alkyl carbamates (subject to hydrolysis) is 1. The molecule has 2 N–H and O–H groups in total. The molecule has 8 heteroatoms. The Balaban J connectivity index is 3.37. The van der Waals surface area contributed by atoms with Crippen molar-refractivity contribution in [3.05, 3.63) is 34.9 Å². The van der Waals surface area contributed by atoms with Gasteiger partial charge in [0.05, 0.1) is 0 Å². The Labute approximate surface area is 204 Å². The van der Waals surface area contributed by atoms with Crippen LogP contribution in [0.4, 0.5) is 4.79 Å². The molecule has 2 atom stereocenters. The third-order valence-corrected chi connectivity index (χ3v) is 5.49. The van der Waals surface area contributed by atoms with Crippen molar-refractivity contribution in [2.24, 2.45) is 0 Å². The summed E-state index contributed by atoms with van der Waals surface area (Å²) in [6, 6.07) is 4.09. The number of aryl methyl sites for hydroxylation is 2. The molecule has 7 nitrogen and oxygen atoms in total. The second-order valence-corrected chi connectivity index (χ2v) is 9.63. The summed E-state index contributed by atoms with van der Waals surface area (Å²) in [5, 5.41) is 5.62. The fourth-order valence-corrected chi connectivity index (χ4v) is 3.86. The van der Waals surface area contributed by atoms with Crippen molar-refractivity contribution in [1.82, 2.24) is 15.5 Å². The molecule has 186 valence electrons. The largest absolute Gasteiger partial charge is 0.444 e. The number of carbonyl (C=O) groups is 3. The molecular formula is C25H41N3O4S. The normalized spacial score (nSPS) is 13.1. The van der Waals surface area contributed by atoms with Crippen LogP contribution in [-0.2, 0) is 14.3 Å². The zero-order valence-electron chi connectivity index (χ0n) is 21.2. The molecule has 0 aromatic heterocycles. The smallest absolute Gasteiger partial charge is 0.408 e. The minimum atomic E-state index is -0.926. The number of thiol groups is 1. The van der Waals surface area contributed by atoms with Gasteiger partial charge in [-0.25, -0.2) is 4.79 Å². The van der Waals surface area contributed by atoms with Crippen LogP contribution in [0.2, 0.25) is 0 Å². The van der Waals surface area contributed by atoms with Gasteiger partial charge in [0.2, 0.25) is 11.8 Å². The first-order valence-corrected chi connectivity index (χ1v) is 12.3. The van der Waals surface area contributed by atoms with Crippen LogP contribution < -0.4 is 10.6 Å². The number of amides is 3. The number of nitrogens with one attached hydrogen (secondary N) is 2. The van der Waals surface area contributed by atoms with Gasteiger partial charge in [0.25, 0.3) is 0 Å². The highest BCUT2D eigenvalue weighted by atomic mass is 32.1. The average molecular weight is 480 g/mol. The van der Waals surface area contributed by atoms with Crippen molar-refractivity contribution in [3.8, 4) is 0 Å². The lowest BCUT2D eigenvalue weighted by Gasteiger charge is -2.35. The van der Waals surface area contributed by atoms with Gasteiger partial charge in [-0.1, -0.05) is 38.5 Å². The Kier molecular flexibility index (Phi) is 11.8. The number of ether oxygens (including phenoxy) is 1. The number of hydrogen-bond donors (Lipinski definition) is 3. The average Bonchev–Trinajstić information content (AvgIpc) is 2.72. The van der Waals surface area contributed by atoms with E-state index in [9.17, 15) is 14.4 Å². The van der Waals surface area contributed by atoms with E-state index < -0.39 is 23.8 Å². The fraction of sp³-hybridized carbons (Fsp3) is 0.640. The van der Waals surface area contributed by atoms with Gasteiger partial charge in [0.15, 0.2) is 0 Å². The molecule has 0 bridgehead atoms. The highest BCUT2D eigenvalue weighted by Gasteiger charge is 2.36. The molecule has 0 aliphatic heterocycles. The molecule has 0 heterocycles. The Morgan fingerprint density at radius 1 is 1.09 bits per heavy atom. The lowest BCUT2D eigenvalue weighted by molar-refractivity contribution is -0.142. The van der Waals surface area contributed by atoms with E-state index in [1.807, 2.05) is 39.0 Å². The van der Waals surface area contributed by atoms with Gasteiger partial charge in [0, 0.05) is 18.8 Å². The Morgan fingerprint density at radius 3 is 2.18 bits per heavy atom. The van der Waals surface area contributed by atoms with Gasteiger partial charge < -0.3 is 20.3 Å². The van der Waals surface area contributed by atoms with Crippen LogP contribution in [-0.4, -0.2) is 53.3 Å². The Hall–Kier alpha value is -2.22. The summed E-state index contributed by atoms with van der Waals surface area (Å²) < 4.78 is 5.32. The van der Waals surface area contributed by atoms with E-state index in [1.54, 1.807) is 25.7 Å². The van der Waals surface area contributed by atoms with Crippen molar-refractivity contribution in [3.63, 3.8) is 0 Å². The zero-order chi connectivity index (χ0) is 25.2. The maximum absolute atomic E-state index is 13.7. The van der Waals surface area contributed by atoms with Crippen LogP contribution in [0.25, 0.3) is 0 Å². The second-order valence-electron chi connectivity index (χ2n) is 9.27. The van der Waals surface area contributed by atoms with Gasteiger partial charge in [-0.05, 0) is 64.2 Å². The number of carbonyl (C=O) groups excluding carboxylic acids is 3. The standard InChI is InChI=1S/C25H41N3O4S/c1-8-10-14-26-22(29)21(20-17(3)12-11-13-18(20)4)28(15-9-2)23(30)19(16-33)27-24(31)32-25(5,6)7/h11-13,19,21,33H,8-10,14-16H2,1-7H3,(H,26,29)(H,27,31). The quantitative estimate of drug-likeness (QED) is 0.326. The summed E-state index contributed by atoms with van der Waals surface area (Å²) in [5.41, 5.74) is 1.98. The Morgan fingerprint density at radius 2 is 1.70 bits per heavy atom.